The Morgan fingerprint density at radius 3 is 2.86 bits per heavy atom. The molecular formula is C15H20N2O3S. The number of hydrogen-bond donors (Lipinski definition) is 0. The molecule has 1 amide bonds. The highest BCUT2D eigenvalue weighted by Gasteiger charge is 2.33. The molecule has 21 heavy (non-hydrogen) atoms. The highest BCUT2D eigenvalue weighted by Crippen LogP contribution is 2.34. The van der Waals surface area contributed by atoms with Gasteiger partial charge in [-0.15, -0.1) is 0 Å². The molecule has 1 atom stereocenters. The number of carbonyl (C=O) groups excluding carboxylic acids is 1. The van der Waals surface area contributed by atoms with Gasteiger partial charge in [0.15, 0.2) is 0 Å². The summed E-state index contributed by atoms with van der Waals surface area (Å²) in [7, 11) is -1.44. The molecule has 1 aromatic rings. The zero-order chi connectivity index (χ0) is 15.0. The number of fused-ring (bicyclic) bond motifs is 1. The van der Waals surface area contributed by atoms with Crippen molar-refractivity contribution in [3.63, 3.8) is 0 Å². The van der Waals surface area contributed by atoms with Crippen LogP contribution in [-0.4, -0.2) is 49.4 Å². The molecule has 0 aromatic heterocycles. The summed E-state index contributed by atoms with van der Waals surface area (Å²) in [5, 5.41) is 0. The lowest BCUT2D eigenvalue weighted by Crippen LogP contribution is -2.40. The van der Waals surface area contributed by atoms with Gasteiger partial charge in [0.25, 0.3) is 0 Å². The van der Waals surface area contributed by atoms with Crippen LogP contribution in [0, 0.1) is 0 Å². The number of nitrogens with zero attached hydrogens (tertiary/aromatic N) is 2. The largest absolute Gasteiger partial charge is 0.338 e. The summed E-state index contributed by atoms with van der Waals surface area (Å²) in [5.74, 6) is 0.0400. The molecule has 1 saturated heterocycles. The quantitative estimate of drug-likeness (QED) is 0.842. The summed E-state index contributed by atoms with van der Waals surface area (Å²) in [6.07, 6.45) is 2.50. The molecule has 3 rings (SSSR count). The van der Waals surface area contributed by atoms with E-state index in [0.29, 0.717) is 13.0 Å². The van der Waals surface area contributed by atoms with Gasteiger partial charge < -0.3 is 4.90 Å². The summed E-state index contributed by atoms with van der Waals surface area (Å²) in [5.41, 5.74) is 2.48. The number of hydrogen-bond acceptors (Lipinski definition) is 3. The summed E-state index contributed by atoms with van der Waals surface area (Å²) in [4.78, 5) is 14.1. The Labute approximate surface area is 125 Å². The van der Waals surface area contributed by atoms with E-state index in [1.54, 1.807) is 11.9 Å². The monoisotopic (exact) mass is 308 g/mol. The first-order valence-corrected chi connectivity index (χ1v) is 8.91. The Balaban J connectivity index is 1.71. The first-order valence-electron chi connectivity index (χ1n) is 7.30. The second-order valence-electron chi connectivity index (χ2n) is 5.76. The molecule has 0 N–H and O–H groups in total. The normalized spacial score (nSPS) is 24.0. The third-order valence-electron chi connectivity index (χ3n) is 4.48. The molecule has 1 fully saturated rings. The van der Waals surface area contributed by atoms with E-state index >= 15 is 0 Å². The van der Waals surface area contributed by atoms with Crippen LogP contribution in [-0.2, 0) is 21.2 Å². The van der Waals surface area contributed by atoms with Gasteiger partial charge in [-0.3, -0.25) is 4.79 Å². The molecular weight excluding hydrogens is 288 g/mol. The molecule has 1 heterocycles. The van der Waals surface area contributed by atoms with Crippen molar-refractivity contribution in [1.29, 1.82) is 0 Å². The third-order valence-corrected chi connectivity index (χ3v) is 6.38. The summed E-state index contributed by atoms with van der Waals surface area (Å²) >= 11 is 0. The Morgan fingerprint density at radius 2 is 2.14 bits per heavy atom. The van der Waals surface area contributed by atoms with Crippen molar-refractivity contribution >= 4 is 15.9 Å². The van der Waals surface area contributed by atoms with Crippen LogP contribution in [0.1, 0.15) is 30.0 Å². The van der Waals surface area contributed by atoms with Crippen LogP contribution >= 0.6 is 0 Å². The molecule has 2 aliphatic rings. The van der Waals surface area contributed by atoms with Gasteiger partial charge >= 0.3 is 0 Å². The number of rotatable bonds is 3. The fraction of sp³-hybridized carbons (Fsp3) is 0.533. The average Bonchev–Trinajstić information content (AvgIpc) is 3.02. The van der Waals surface area contributed by atoms with E-state index in [1.165, 1.54) is 15.4 Å². The second kappa shape index (κ2) is 5.42. The molecule has 1 unspecified atom stereocenters. The molecule has 1 aromatic carbocycles. The van der Waals surface area contributed by atoms with Crippen LogP contribution in [0.3, 0.4) is 0 Å². The summed E-state index contributed by atoms with van der Waals surface area (Å²) < 4.78 is 24.9. The average molecular weight is 308 g/mol. The molecule has 6 heteroatoms. The fourth-order valence-corrected chi connectivity index (χ4v) is 4.71. The summed E-state index contributed by atoms with van der Waals surface area (Å²) in [6, 6.07) is 8.22. The highest BCUT2D eigenvalue weighted by molar-refractivity contribution is 7.89. The minimum absolute atomic E-state index is 0.0303. The van der Waals surface area contributed by atoms with Crippen molar-refractivity contribution in [3.8, 4) is 0 Å². The first-order chi connectivity index (χ1) is 9.99. The van der Waals surface area contributed by atoms with E-state index in [0.717, 1.165) is 12.8 Å². The predicted octanol–water partition coefficient (Wildman–Crippen LogP) is 1.17. The standard InChI is InChI=1S/C15H20N2O3S/c1-16(14-8-7-12-5-2-3-6-13(12)14)15(18)11-17-9-4-10-21(17,19)20/h2-3,5-6,14H,4,7-11H2,1H3. The predicted molar refractivity (Wildman–Crippen MR) is 80.3 cm³/mol. The molecule has 1 aliphatic heterocycles. The van der Waals surface area contributed by atoms with Gasteiger partial charge in [-0.05, 0) is 30.4 Å². The number of sulfonamides is 1. The number of aryl methyl sites for hydroxylation is 1. The van der Waals surface area contributed by atoms with Crippen molar-refractivity contribution < 1.29 is 13.2 Å². The van der Waals surface area contributed by atoms with E-state index in [4.69, 9.17) is 0 Å². The van der Waals surface area contributed by atoms with E-state index in [-0.39, 0.29) is 24.2 Å². The van der Waals surface area contributed by atoms with Crippen LogP contribution in [0.4, 0.5) is 0 Å². The van der Waals surface area contributed by atoms with E-state index < -0.39 is 10.0 Å². The van der Waals surface area contributed by atoms with Gasteiger partial charge in [0.2, 0.25) is 15.9 Å². The SMILES string of the molecule is CN(C(=O)CN1CCCS1(=O)=O)C1CCc2ccccc21. The van der Waals surface area contributed by atoms with Crippen molar-refractivity contribution in [2.75, 3.05) is 25.9 Å². The maximum atomic E-state index is 12.4. The minimum Gasteiger partial charge on any atom is -0.338 e. The van der Waals surface area contributed by atoms with Crippen LogP contribution < -0.4 is 0 Å². The lowest BCUT2D eigenvalue weighted by Gasteiger charge is -2.27. The Kier molecular flexibility index (Phi) is 3.75. The van der Waals surface area contributed by atoms with Crippen LogP contribution in [0.25, 0.3) is 0 Å². The van der Waals surface area contributed by atoms with Crippen LogP contribution in [0.5, 0.6) is 0 Å². The van der Waals surface area contributed by atoms with Gasteiger partial charge in [0.1, 0.15) is 0 Å². The van der Waals surface area contributed by atoms with Crippen molar-refractivity contribution in [2.24, 2.45) is 0 Å². The molecule has 5 nitrogen and oxygen atoms in total. The lowest BCUT2D eigenvalue weighted by atomic mass is 10.1. The van der Waals surface area contributed by atoms with Gasteiger partial charge in [-0.2, -0.15) is 4.31 Å². The third kappa shape index (κ3) is 2.70. The first kappa shape index (κ1) is 14.5. The van der Waals surface area contributed by atoms with E-state index in [2.05, 4.69) is 12.1 Å². The Bertz CT molecular complexity index is 657. The van der Waals surface area contributed by atoms with Gasteiger partial charge in [0.05, 0.1) is 18.3 Å². The Hall–Kier alpha value is -1.40. The molecule has 0 radical (unpaired) electrons. The smallest absolute Gasteiger partial charge is 0.238 e. The zero-order valence-corrected chi connectivity index (χ0v) is 13.0. The molecule has 114 valence electrons. The fourth-order valence-electron chi connectivity index (χ4n) is 3.24. The summed E-state index contributed by atoms with van der Waals surface area (Å²) in [6.45, 7) is 0.431. The van der Waals surface area contributed by atoms with Crippen molar-refractivity contribution in [1.82, 2.24) is 9.21 Å². The maximum Gasteiger partial charge on any atom is 0.238 e. The number of likely N-dealkylation sites (N-methyl/N-ethyl adjacent to an activating group) is 1. The maximum absolute atomic E-state index is 12.4. The van der Waals surface area contributed by atoms with Gasteiger partial charge in [0, 0.05) is 13.6 Å². The number of benzene rings is 1. The molecule has 0 bridgehead atoms. The Morgan fingerprint density at radius 1 is 1.38 bits per heavy atom. The van der Waals surface area contributed by atoms with Gasteiger partial charge in [-0.25, -0.2) is 8.42 Å². The van der Waals surface area contributed by atoms with Crippen molar-refractivity contribution in [2.45, 2.75) is 25.3 Å². The topological polar surface area (TPSA) is 57.7 Å². The molecule has 0 saturated carbocycles. The second-order valence-corrected chi connectivity index (χ2v) is 7.85. The molecule has 1 aliphatic carbocycles. The van der Waals surface area contributed by atoms with E-state index in [1.807, 2.05) is 12.1 Å². The number of amides is 1. The highest BCUT2D eigenvalue weighted by atomic mass is 32.2. The number of carbonyl (C=O) groups is 1. The van der Waals surface area contributed by atoms with Crippen molar-refractivity contribution in [3.05, 3.63) is 35.4 Å². The zero-order valence-electron chi connectivity index (χ0n) is 12.2. The van der Waals surface area contributed by atoms with Crippen LogP contribution in [0.2, 0.25) is 0 Å². The lowest BCUT2D eigenvalue weighted by molar-refractivity contribution is -0.132. The van der Waals surface area contributed by atoms with Gasteiger partial charge in [-0.1, -0.05) is 24.3 Å². The van der Waals surface area contributed by atoms with Crippen LogP contribution in [0.15, 0.2) is 24.3 Å². The molecule has 0 spiro atoms. The minimum atomic E-state index is -3.21. The van der Waals surface area contributed by atoms with E-state index in [9.17, 15) is 13.2 Å².